The fourth-order valence-electron chi connectivity index (χ4n) is 2.38. The van der Waals surface area contributed by atoms with E-state index in [1.165, 1.54) is 0 Å². The number of amides is 1. The smallest absolute Gasteiger partial charge is 0.407 e. The van der Waals surface area contributed by atoms with E-state index >= 15 is 0 Å². The summed E-state index contributed by atoms with van der Waals surface area (Å²) in [7, 11) is 0. The number of benzene rings is 1. The van der Waals surface area contributed by atoms with Gasteiger partial charge in [-0.3, -0.25) is 0 Å². The lowest BCUT2D eigenvalue weighted by Gasteiger charge is -2.24. The lowest BCUT2D eigenvalue weighted by Crippen LogP contribution is -2.42. The highest BCUT2D eigenvalue weighted by atomic mass is 35.5. The van der Waals surface area contributed by atoms with E-state index < -0.39 is 11.7 Å². The number of nitrogens with one attached hydrogen (secondary N) is 2. The van der Waals surface area contributed by atoms with Crippen molar-refractivity contribution in [1.82, 2.24) is 10.6 Å². The lowest BCUT2D eigenvalue weighted by molar-refractivity contribution is 0.0504. The van der Waals surface area contributed by atoms with Gasteiger partial charge in [-0.15, -0.1) is 0 Å². The number of carbonyl (C=O) groups is 1. The number of ether oxygens (including phenoxy) is 1. The van der Waals surface area contributed by atoms with Crippen molar-refractivity contribution in [2.24, 2.45) is 0 Å². The second kappa shape index (κ2) is 6.42. The van der Waals surface area contributed by atoms with E-state index in [0.29, 0.717) is 16.6 Å². The topological polar surface area (TPSA) is 50.4 Å². The number of rotatable bonds is 2. The molecular weight excluding hydrogens is 311 g/mol. The Labute approximate surface area is 135 Å². The van der Waals surface area contributed by atoms with Crippen molar-refractivity contribution in [3.05, 3.63) is 33.8 Å². The van der Waals surface area contributed by atoms with Crippen molar-refractivity contribution >= 4 is 29.3 Å². The summed E-state index contributed by atoms with van der Waals surface area (Å²) in [6, 6.07) is 5.54. The Morgan fingerprint density at radius 1 is 1.29 bits per heavy atom. The molecule has 1 amide bonds. The molecule has 1 aliphatic heterocycles. The number of hydrogen-bond donors (Lipinski definition) is 2. The zero-order valence-corrected chi connectivity index (χ0v) is 13.9. The van der Waals surface area contributed by atoms with Crippen LogP contribution in [0, 0.1) is 0 Å². The van der Waals surface area contributed by atoms with Gasteiger partial charge in [0, 0.05) is 19.0 Å². The van der Waals surface area contributed by atoms with Gasteiger partial charge in [0.25, 0.3) is 0 Å². The SMILES string of the molecule is CC(C)(C)OC(=O)N[C@H]1CNC[C@@H]1c1ccc(Cl)c(Cl)c1. The average Bonchev–Trinajstić information content (AvgIpc) is 2.78. The van der Waals surface area contributed by atoms with Crippen molar-refractivity contribution < 1.29 is 9.53 Å². The van der Waals surface area contributed by atoms with Crippen molar-refractivity contribution in [1.29, 1.82) is 0 Å². The molecule has 1 aromatic rings. The molecule has 21 heavy (non-hydrogen) atoms. The first-order chi connectivity index (χ1) is 9.76. The van der Waals surface area contributed by atoms with Gasteiger partial charge in [0.15, 0.2) is 0 Å². The molecule has 0 aromatic heterocycles. The van der Waals surface area contributed by atoms with E-state index in [2.05, 4.69) is 10.6 Å². The molecule has 1 aromatic carbocycles. The molecule has 2 rings (SSSR count). The van der Waals surface area contributed by atoms with Crippen molar-refractivity contribution in [3.63, 3.8) is 0 Å². The first-order valence-electron chi connectivity index (χ1n) is 6.91. The zero-order valence-electron chi connectivity index (χ0n) is 12.4. The minimum Gasteiger partial charge on any atom is -0.444 e. The van der Waals surface area contributed by atoms with Gasteiger partial charge in [0.1, 0.15) is 5.60 Å². The largest absolute Gasteiger partial charge is 0.444 e. The normalized spacial score (nSPS) is 22.1. The van der Waals surface area contributed by atoms with E-state index in [9.17, 15) is 4.79 Å². The van der Waals surface area contributed by atoms with Crippen LogP contribution >= 0.6 is 23.2 Å². The minimum atomic E-state index is -0.505. The predicted octanol–water partition coefficient (Wildman–Crippen LogP) is 3.57. The molecular formula is C15H20Cl2N2O2. The summed E-state index contributed by atoms with van der Waals surface area (Å²) in [5, 5.41) is 7.25. The molecule has 0 radical (unpaired) electrons. The molecule has 0 saturated carbocycles. The van der Waals surface area contributed by atoms with Gasteiger partial charge in [-0.25, -0.2) is 4.79 Å². The van der Waals surface area contributed by atoms with E-state index in [4.69, 9.17) is 27.9 Å². The number of alkyl carbamates (subject to hydrolysis) is 1. The highest BCUT2D eigenvalue weighted by Gasteiger charge is 2.31. The van der Waals surface area contributed by atoms with E-state index in [1.54, 1.807) is 6.07 Å². The summed E-state index contributed by atoms with van der Waals surface area (Å²) in [5.74, 6) is 0.146. The third-order valence-corrected chi connectivity index (χ3v) is 4.03. The number of hydrogen-bond acceptors (Lipinski definition) is 3. The molecule has 1 heterocycles. The maximum atomic E-state index is 11.9. The summed E-state index contributed by atoms with van der Waals surface area (Å²) in [4.78, 5) is 11.9. The van der Waals surface area contributed by atoms with Crippen LogP contribution in [0.5, 0.6) is 0 Å². The van der Waals surface area contributed by atoms with Crippen LogP contribution in [-0.4, -0.2) is 30.8 Å². The molecule has 1 fully saturated rings. The third kappa shape index (κ3) is 4.50. The Morgan fingerprint density at radius 2 is 2.00 bits per heavy atom. The second-order valence-electron chi connectivity index (χ2n) is 6.19. The van der Waals surface area contributed by atoms with Gasteiger partial charge < -0.3 is 15.4 Å². The standard InChI is InChI=1S/C15H20Cl2N2O2/c1-15(2,3)21-14(20)19-13-8-18-7-10(13)9-4-5-11(16)12(17)6-9/h4-6,10,13,18H,7-8H2,1-3H3,(H,19,20)/t10-,13+/m1/s1. The first-order valence-corrected chi connectivity index (χ1v) is 7.67. The molecule has 1 saturated heterocycles. The van der Waals surface area contributed by atoms with Gasteiger partial charge in [-0.2, -0.15) is 0 Å². The van der Waals surface area contributed by atoms with Crippen LogP contribution in [0.25, 0.3) is 0 Å². The van der Waals surface area contributed by atoms with Crippen LogP contribution in [0.2, 0.25) is 10.0 Å². The van der Waals surface area contributed by atoms with E-state index in [-0.39, 0.29) is 12.0 Å². The fraction of sp³-hybridized carbons (Fsp3) is 0.533. The summed E-state index contributed by atoms with van der Waals surface area (Å²) in [6.07, 6.45) is -0.402. The van der Waals surface area contributed by atoms with Gasteiger partial charge >= 0.3 is 6.09 Å². The molecule has 0 bridgehead atoms. The number of carbonyl (C=O) groups excluding carboxylic acids is 1. The second-order valence-corrected chi connectivity index (χ2v) is 7.01. The van der Waals surface area contributed by atoms with Crippen LogP contribution in [0.4, 0.5) is 4.79 Å². The van der Waals surface area contributed by atoms with E-state index in [1.807, 2.05) is 32.9 Å². The maximum absolute atomic E-state index is 11.9. The molecule has 2 atom stereocenters. The van der Waals surface area contributed by atoms with Gasteiger partial charge in [-0.05, 0) is 38.5 Å². The zero-order chi connectivity index (χ0) is 15.6. The monoisotopic (exact) mass is 330 g/mol. The molecule has 4 nitrogen and oxygen atoms in total. The van der Waals surface area contributed by atoms with Crippen molar-refractivity contribution in [3.8, 4) is 0 Å². The minimum absolute atomic E-state index is 0.0305. The van der Waals surface area contributed by atoms with Crippen molar-refractivity contribution in [2.45, 2.75) is 38.3 Å². The third-order valence-electron chi connectivity index (χ3n) is 3.29. The summed E-state index contributed by atoms with van der Waals surface area (Å²) < 4.78 is 5.30. The number of halogens is 2. The van der Waals surface area contributed by atoms with Gasteiger partial charge in [-0.1, -0.05) is 29.3 Å². The maximum Gasteiger partial charge on any atom is 0.407 e. The summed E-state index contributed by atoms with van der Waals surface area (Å²) in [6.45, 7) is 7.00. The quantitative estimate of drug-likeness (QED) is 0.871. The lowest BCUT2D eigenvalue weighted by atomic mass is 9.94. The summed E-state index contributed by atoms with van der Waals surface area (Å²) >= 11 is 12.0. The van der Waals surface area contributed by atoms with Gasteiger partial charge in [0.05, 0.1) is 16.1 Å². The Kier molecular flexibility index (Phi) is 5.02. The van der Waals surface area contributed by atoms with Crippen LogP contribution in [0.3, 0.4) is 0 Å². The molecule has 116 valence electrons. The Hall–Kier alpha value is -0.970. The summed E-state index contributed by atoms with van der Waals surface area (Å²) in [5.41, 5.74) is 0.547. The molecule has 0 spiro atoms. The Balaban J connectivity index is 2.06. The molecule has 2 N–H and O–H groups in total. The van der Waals surface area contributed by atoms with Crippen molar-refractivity contribution in [2.75, 3.05) is 13.1 Å². The van der Waals surface area contributed by atoms with Crippen LogP contribution < -0.4 is 10.6 Å². The average molecular weight is 331 g/mol. The molecule has 0 aliphatic carbocycles. The Bertz CT molecular complexity index is 529. The highest BCUT2D eigenvalue weighted by Crippen LogP contribution is 2.29. The predicted molar refractivity (Wildman–Crippen MR) is 85.2 cm³/mol. The molecule has 1 aliphatic rings. The molecule has 0 unspecified atom stereocenters. The van der Waals surface area contributed by atoms with Crippen LogP contribution in [0.15, 0.2) is 18.2 Å². The van der Waals surface area contributed by atoms with Crippen LogP contribution in [-0.2, 0) is 4.74 Å². The fourth-order valence-corrected chi connectivity index (χ4v) is 2.69. The first kappa shape index (κ1) is 16.4. The van der Waals surface area contributed by atoms with Gasteiger partial charge in [0.2, 0.25) is 0 Å². The van der Waals surface area contributed by atoms with E-state index in [0.717, 1.165) is 12.1 Å². The Morgan fingerprint density at radius 3 is 2.62 bits per heavy atom. The molecule has 6 heteroatoms. The van der Waals surface area contributed by atoms with Crippen LogP contribution in [0.1, 0.15) is 32.3 Å². The highest BCUT2D eigenvalue weighted by molar-refractivity contribution is 6.42.